The molecule has 0 saturated heterocycles. The Morgan fingerprint density at radius 1 is 1.07 bits per heavy atom. The Balaban J connectivity index is 1.95. The van der Waals surface area contributed by atoms with E-state index in [1.807, 2.05) is 12.1 Å². The summed E-state index contributed by atoms with van der Waals surface area (Å²) < 4.78 is 0. The van der Waals surface area contributed by atoms with Gasteiger partial charge in [-0.25, -0.2) is 4.98 Å². The largest absolute Gasteiger partial charge is 0.383 e. The average Bonchev–Trinajstić information content (AvgIpc) is 2.74. The van der Waals surface area contributed by atoms with Gasteiger partial charge in [0.1, 0.15) is 28.5 Å². The molecule has 9 heteroatoms. The number of nitro benzene ring substituents is 1. The number of nitrogens with zero attached hydrogens (tertiary/aromatic N) is 4. The van der Waals surface area contributed by atoms with Crippen molar-refractivity contribution in [2.75, 3.05) is 5.73 Å². The van der Waals surface area contributed by atoms with Crippen molar-refractivity contribution in [1.82, 2.24) is 4.98 Å². The summed E-state index contributed by atoms with van der Waals surface area (Å²) in [6.45, 7) is 0. The molecule has 0 bridgehead atoms. The standard InChI is InChI=1S/C21H13N5O3S/c22-11-16-19(14-4-2-1-3-5-14)17(12-23)21(25-20(16)24)30-18(27)10-13-6-8-15(9-7-13)26(28)29/h1-9H,10H2,(H2,24,25). The van der Waals surface area contributed by atoms with Gasteiger partial charge in [0.25, 0.3) is 5.69 Å². The number of hydrogen-bond acceptors (Lipinski definition) is 8. The van der Waals surface area contributed by atoms with Crippen LogP contribution in [0.15, 0.2) is 59.6 Å². The Morgan fingerprint density at radius 3 is 2.27 bits per heavy atom. The summed E-state index contributed by atoms with van der Waals surface area (Å²) >= 11 is 0.747. The Morgan fingerprint density at radius 2 is 1.70 bits per heavy atom. The number of hydrogen-bond donors (Lipinski definition) is 1. The summed E-state index contributed by atoms with van der Waals surface area (Å²) in [6.07, 6.45) is -0.0181. The topological polar surface area (TPSA) is 147 Å². The highest BCUT2D eigenvalue weighted by Gasteiger charge is 2.22. The van der Waals surface area contributed by atoms with Crippen LogP contribution in [-0.4, -0.2) is 15.0 Å². The number of carbonyl (C=O) groups is 1. The average molecular weight is 415 g/mol. The molecule has 30 heavy (non-hydrogen) atoms. The predicted molar refractivity (Wildman–Crippen MR) is 111 cm³/mol. The second kappa shape index (κ2) is 8.86. The fourth-order valence-corrected chi connectivity index (χ4v) is 3.66. The molecule has 0 fully saturated rings. The third-order valence-electron chi connectivity index (χ3n) is 4.18. The monoisotopic (exact) mass is 415 g/mol. The van der Waals surface area contributed by atoms with Crippen molar-refractivity contribution < 1.29 is 9.72 Å². The van der Waals surface area contributed by atoms with E-state index in [0.717, 1.165) is 11.8 Å². The fraction of sp³-hybridized carbons (Fsp3) is 0.0476. The van der Waals surface area contributed by atoms with Gasteiger partial charge in [-0.3, -0.25) is 14.9 Å². The Kier molecular flexibility index (Phi) is 6.06. The van der Waals surface area contributed by atoms with Crippen LogP contribution in [0.2, 0.25) is 0 Å². The van der Waals surface area contributed by atoms with Crippen molar-refractivity contribution in [2.24, 2.45) is 0 Å². The van der Waals surface area contributed by atoms with Gasteiger partial charge in [-0.15, -0.1) is 0 Å². The van der Waals surface area contributed by atoms with Crippen LogP contribution in [-0.2, 0) is 11.2 Å². The van der Waals surface area contributed by atoms with Gasteiger partial charge in [-0.1, -0.05) is 42.5 Å². The normalized spacial score (nSPS) is 10.1. The molecule has 1 heterocycles. The predicted octanol–water partition coefficient (Wildman–Crippen LogP) is 3.84. The Labute approximate surface area is 175 Å². The maximum Gasteiger partial charge on any atom is 0.269 e. The zero-order chi connectivity index (χ0) is 21.7. The third-order valence-corrected chi connectivity index (χ3v) is 5.04. The van der Waals surface area contributed by atoms with E-state index in [2.05, 4.69) is 4.98 Å². The van der Waals surface area contributed by atoms with Crippen molar-refractivity contribution in [1.29, 1.82) is 10.5 Å². The maximum absolute atomic E-state index is 12.6. The van der Waals surface area contributed by atoms with Crippen LogP contribution in [0.5, 0.6) is 0 Å². The van der Waals surface area contributed by atoms with Gasteiger partial charge >= 0.3 is 0 Å². The van der Waals surface area contributed by atoms with Crippen LogP contribution in [0.4, 0.5) is 11.5 Å². The summed E-state index contributed by atoms with van der Waals surface area (Å²) in [5, 5.41) is 29.8. The highest BCUT2D eigenvalue weighted by molar-refractivity contribution is 8.13. The van der Waals surface area contributed by atoms with Gasteiger partial charge in [-0.05, 0) is 22.9 Å². The van der Waals surface area contributed by atoms with E-state index in [4.69, 9.17) is 5.73 Å². The molecule has 0 aliphatic heterocycles. The quantitative estimate of drug-likeness (QED) is 0.375. The van der Waals surface area contributed by atoms with E-state index in [1.54, 1.807) is 30.3 Å². The van der Waals surface area contributed by atoms with Crippen LogP contribution in [0, 0.1) is 32.8 Å². The minimum absolute atomic E-state index is 0.0181. The number of non-ortho nitro benzene ring substituents is 1. The molecule has 3 rings (SSSR count). The molecular weight excluding hydrogens is 402 g/mol. The summed E-state index contributed by atoms with van der Waals surface area (Å²) in [7, 11) is 0. The molecule has 1 aromatic heterocycles. The molecule has 0 radical (unpaired) electrons. The molecule has 146 valence electrons. The molecule has 0 saturated carbocycles. The molecule has 3 aromatic rings. The van der Waals surface area contributed by atoms with Crippen molar-refractivity contribution in [3.63, 3.8) is 0 Å². The highest BCUT2D eigenvalue weighted by atomic mass is 32.2. The van der Waals surface area contributed by atoms with Crippen molar-refractivity contribution in [3.8, 4) is 23.3 Å². The van der Waals surface area contributed by atoms with E-state index in [1.165, 1.54) is 24.3 Å². The molecule has 0 spiro atoms. The maximum atomic E-state index is 12.6. The third kappa shape index (κ3) is 4.27. The smallest absolute Gasteiger partial charge is 0.269 e. The van der Waals surface area contributed by atoms with E-state index >= 15 is 0 Å². The molecule has 2 aromatic carbocycles. The lowest BCUT2D eigenvalue weighted by Crippen LogP contribution is -2.05. The van der Waals surface area contributed by atoms with Crippen LogP contribution >= 0.6 is 11.8 Å². The number of nitro groups is 1. The number of thioether (sulfide) groups is 1. The lowest BCUT2D eigenvalue weighted by Gasteiger charge is -2.12. The lowest BCUT2D eigenvalue weighted by atomic mass is 9.97. The SMILES string of the molecule is N#Cc1c(N)nc(SC(=O)Cc2ccc([N+](=O)[O-])cc2)c(C#N)c1-c1ccccc1. The van der Waals surface area contributed by atoms with Gasteiger partial charge < -0.3 is 5.73 Å². The lowest BCUT2D eigenvalue weighted by molar-refractivity contribution is -0.384. The van der Waals surface area contributed by atoms with Gasteiger partial charge in [0, 0.05) is 24.1 Å². The minimum atomic E-state index is -0.520. The van der Waals surface area contributed by atoms with Crippen LogP contribution < -0.4 is 5.73 Å². The number of rotatable bonds is 5. The second-order valence-corrected chi connectivity index (χ2v) is 7.14. The molecular formula is C21H13N5O3S. The first kappa shape index (κ1) is 20.5. The van der Waals surface area contributed by atoms with Gasteiger partial charge in [0.05, 0.1) is 10.5 Å². The molecule has 0 aliphatic carbocycles. The molecule has 0 atom stereocenters. The van der Waals surface area contributed by atoms with E-state index in [-0.39, 0.29) is 39.2 Å². The van der Waals surface area contributed by atoms with Crippen LogP contribution in [0.3, 0.4) is 0 Å². The van der Waals surface area contributed by atoms with Crippen molar-refractivity contribution >= 4 is 28.4 Å². The van der Waals surface area contributed by atoms with E-state index in [0.29, 0.717) is 16.7 Å². The zero-order valence-electron chi connectivity index (χ0n) is 15.4. The number of pyridine rings is 1. The van der Waals surface area contributed by atoms with Crippen molar-refractivity contribution in [3.05, 3.63) is 81.4 Å². The molecule has 0 unspecified atom stereocenters. The summed E-state index contributed by atoms with van der Waals surface area (Å²) in [4.78, 5) is 26.9. The zero-order valence-corrected chi connectivity index (χ0v) is 16.2. The second-order valence-electron chi connectivity index (χ2n) is 6.09. The number of carbonyl (C=O) groups excluding carboxylic acids is 1. The van der Waals surface area contributed by atoms with Gasteiger partial charge in [0.15, 0.2) is 5.12 Å². The van der Waals surface area contributed by atoms with E-state index in [9.17, 15) is 25.4 Å². The first-order chi connectivity index (χ1) is 14.4. The van der Waals surface area contributed by atoms with Gasteiger partial charge in [-0.2, -0.15) is 10.5 Å². The summed E-state index contributed by atoms with van der Waals surface area (Å²) in [5.41, 5.74) is 7.56. The number of anilines is 1. The molecule has 8 nitrogen and oxygen atoms in total. The Hall–Kier alpha value is -4.21. The first-order valence-corrected chi connectivity index (χ1v) is 9.39. The first-order valence-electron chi connectivity index (χ1n) is 8.57. The fourth-order valence-electron chi connectivity index (χ4n) is 2.81. The number of aromatic nitrogens is 1. The Bertz CT molecular complexity index is 1210. The number of benzene rings is 2. The van der Waals surface area contributed by atoms with Crippen LogP contribution in [0.25, 0.3) is 11.1 Å². The van der Waals surface area contributed by atoms with Crippen molar-refractivity contribution in [2.45, 2.75) is 11.4 Å². The highest BCUT2D eigenvalue weighted by Crippen LogP contribution is 2.36. The number of nitrogen functional groups attached to an aromatic ring is 1. The van der Waals surface area contributed by atoms with E-state index < -0.39 is 4.92 Å². The van der Waals surface area contributed by atoms with Crippen LogP contribution in [0.1, 0.15) is 16.7 Å². The van der Waals surface area contributed by atoms with Gasteiger partial charge in [0.2, 0.25) is 0 Å². The molecule has 0 aliphatic rings. The summed E-state index contributed by atoms with van der Waals surface area (Å²) in [5.74, 6) is -0.0685. The minimum Gasteiger partial charge on any atom is -0.383 e. The number of nitriles is 2. The molecule has 0 amide bonds. The molecule has 2 N–H and O–H groups in total. The number of nitrogens with two attached hydrogens (primary N) is 1. The summed E-state index contributed by atoms with van der Waals surface area (Å²) in [6, 6.07) is 18.5.